The zero-order valence-corrected chi connectivity index (χ0v) is 13.4. The van der Waals surface area contributed by atoms with Gasteiger partial charge in [0.25, 0.3) is 0 Å². The van der Waals surface area contributed by atoms with Crippen LogP contribution in [0.5, 0.6) is 0 Å². The highest BCUT2D eigenvalue weighted by Crippen LogP contribution is 2.30. The topological polar surface area (TPSA) is 78.9 Å². The number of nitrogen functional groups attached to an aromatic ring is 1. The number of aromatic nitrogens is 2. The zero-order valence-electron chi connectivity index (χ0n) is 13.4. The van der Waals surface area contributed by atoms with Gasteiger partial charge in [0.2, 0.25) is 0 Å². The molecular weight excluding hydrogens is 262 g/mol. The van der Waals surface area contributed by atoms with E-state index in [4.69, 9.17) is 11.1 Å². The number of nitrogens with two attached hydrogens (primary N) is 1. The number of hydrogen-bond acceptors (Lipinski definition) is 4. The summed E-state index contributed by atoms with van der Waals surface area (Å²) in [6, 6.07) is 0.489. The van der Waals surface area contributed by atoms with Gasteiger partial charge in [-0.1, -0.05) is 20.8 Å². The molecule has 5 nitrogen and oxygen atoms in total. The molecule has 5 heteroatoms. The van der Waals surface area contributed by atoms with Crippen LogP contribution in [0, 0.1) is 5.41 Å². The van der Waals surface area contributed by atoms with Gasteiger partial charge >= 0.3 is 0 Å². The normalized spacial score (nSPS) is 18.8. The molecule has 1 fully saturated rings. The quantitative estimate of drug-likeness (QED) is 0.645. The highest BCUT2D eigenvalue weighted by Gasteiger charge is 2.27. The van der Waals surface area contributed by atoms with Gasteiger partial charge in [-0.05, 0) is 44.1 Å². The smallest absolute Gasteiger partial charge is 0.162 e. The van der Waals surface area contributed by atoms with Crippen molar-refractivity contribution in [2.45, 2.75) is 65.3 Å². The third-order valence-electron chi connectivity index (χ3n) is 4.47. The highest BCUT2D eigenvalue weighted by molar-refractivity contribution is 6.01. The van der Waals surface area contributed by atoms with Crippen LogP contribution in [-0.2, 0) is 12.8 Å². The summed E-state index contributed by atoms with van der Waals surface area (Å²) in [7, 11) is 0. The lowest BCUT2D eigenvalue weighted by Crippen LogP contribution is -2.41. The van der Waals surface area contributed by atoms with Crippen molar-refractivity contribution in [2.24, 2.45) is 5.73 Å². The van der Waals surface area contributed by atoms with E-state index in [1.165, 1.54) is 19.3 Å². The molecule has 0 bridgehead atoms. The van der Waals surface area contributed by atoms with Crippen LogP contribution in [0.15, 0.2) is 0 Å². The fraction of sp³-hybridized carbons (Fsp3) is 0.688. The van der Waals surface area contributed by atoms with E-state index in [1.807, 2.05) is 0 Å². The molecule has 1 unspecified atom stereocenters. The van der Waals surface area contributed by atoms with Crippen molar-refractivity contribution in [3.8, 4) is 0 Å². The van der Waals surface area contributed by atoms with Crippen LogP contribution >= 0.6 is 0 Å². The predicted molar refractivity (Wildman–Crippen MR) is 87.1 cm³/mol. The SMILES string of the molecule is CCc1nnc(N2CCCCC2CC)c(C(=N)N)c1CC. The predicted octanol–water partition coefficient (Wildman–Crippen LogP) is 2.65. The van der Waals surface area contributed by atoms with Gasteiger partial charge in [0.15, 0.2) is 5.82 Å². The number of amidine groups is 1. The minimum Gasteiger partial charge on any atom is -0.384 e. The molecule has 1 saturated heterocycles. The van der Waals surface area contributed by atoms with Crippen molar-refractivity contribution in [2.75, 3.05) is 11.4 Å². The second-order valence-electron chi connectivity index (χ2n) is 5.70. The van der Waals surface area contributed by atoms with Crippen LogP contribution < -0.4 is 10.6 Å². The van der Waals surface area contributed by atoms with E-state index >= 15 is 0 Å². The van der Waals surface area contributed by atoms with Gasteiger partial charge in [-0.2, -0.15) is 5.10 Å². The molecule has 1 atom stereocenters. The molecule has 0 spiro atoms. The first kappa shape index (κ1) is 15.7. The second kappa shape index (κ2) is 6.87. The summed E-state index contributed by atoms with van der Waals surface area (Å²) in [6.45, 7) is 7.37. The largest absolute Gasteiger partial charge is 0.384 e. The number of hydrogen-bond donors (Lipinski definition) is 2. The first-order valence-electron chi connectivity index (χ1n) is 8.13. The fourth-order valence-corrected chi connectivity index (χ4v) is 3.35. The van der Waals surface area contributed by atoms with Crippen molar-refractivity contribution in [3.05, 3.63) is 16.8 Å². The molecule has 1 aliphatic heterocycles. The van der Waals surface area contributed by atoms with Crippen LogP contribution in [0.25, 0.3) is 0 Å². The van der Waals surface area contributed by atoms with Gasteiger partial charge in [-0.3, -0.25) is 5.41 Å². The Morgan fingerprint density at radius 3 is 2.57 bits per heavy atom. The van der Waals surface area contributed by atoms with E-state index in [-0.39, 0.29) is 5.84 Å². The van der Waals surface area contributed by atoms with Crippen LogP contribution in [0.1, 0.15) is 63.3 Å². The van der Waals surface area contributed by atoms with Gasteiger partial charge in [0.1, 0.15) is 5.84 Å². The number of piperidine rings is 1. The summed E-state index contributed by atoms with van der Waals surface area (Å²) in [4.78, 5) is 2.33. The van der Waals surface area contributed by atoms with E-state index < -0.39 is 0 Å². The van der Waals surface area contributed by atoms with Crippen molar-refractivity contribution in [3.63, 3.8) is 0 Å². The van der Waals surface area contributed by atoms with Crippen LogP contribution in [0.4, 0.5) is 5.82 Å². The lowest BCUT2D eigenvalue weighted by molar-refractivity contribution is 0.445. The monoisotopic (exact) mass is 289 g/mol. The Labute approximate surface area is 127 Å². The minimum atomic E-state index is 0.117. The molecule has 0 amide bonds. The van der Waals surface area contributed by atoms with Crippen LogP contribution in [0.2, 0.25) is 0 Å². The summed E-state index contributed by atoms with van der Waals surface area (Å²) in [5.74, 6) is 0.940. The number of aryl methyl sites for hydroxylation is 1. The average Bonchev–Trinajstić information content (AvgIpc) is 2.52. The second-order valence-corrected chi connectivity index (χ2v) is 5.70. The molecule has 1 aliphatic rings. The Morgan fingerprint density at radius 2 is 2.00 bits per heavy atom. The van der Waals surface area contributed by atoms with Gasteiger partial charge in [-0.25, -0.2) is 0 Å². The van der Waals surface area contributed by atoms with Crippen molar-refractivity contribution < 1.29 is 0 Å². The molecule has 0 aliphatic carbocycles. The zero-order chi connectivity index (χ0) is 15.4. The Bertz CT molecular complexity index is 512. The first-order chi connectivity index (χ1) is 10.1. The van der Waals surface area contributed by atoms with E-state index in [9.17, 15) is 0 Å². The molecular formula is C16H27N5. The maximum atomic E-state index is 8.02. The lowest BCUT2D eigenvalue weighted by Gasteiger charge is -2.37. The maximum absolute atomic E-state index is 8.02. The van der Waals surface area contributed by atoms with Gasteiger partial charge in [-0.15, -0.1) is 5.10 Å². The molecule has 116 valence electrons. The number of anilines is 1. The average molecular weight is 289 g/mol. The molecule has 21 heavy (non-hydrogen) atoms. The summed E-state index contributed by atoms with van der Waals surface area (Å²) in [5.41, 5.74) is 8.77. The lowest BCUT2D eigenvalue weighted by atomic mass is 9.97. The van der Waals surface area contributed by atoms with Gasteiger partial charge in [0, 0.05) is 12.6 Å². The van der Waals surface area contributed by atoms with Crippen LogP contribution in [-0.4, -0.2) is 28.6 Å². The fourth-order valence-electron chi connectivity index (χ4n) is 3.35. The van der Waals surface area contributed by atoms with Crippen LogP contribution in [0.3, 0.4) is 0 Å². The molecule has 1 aromatic heterocycles. The Balaban J connectivity index is 2.54. The minimum absolute atomic E-state index is 0.117. The Morgan fingerprint density at radius 1 is 1.24 bits per heavy atom. The number of rotatable bonds is 5. The highest BCUT2D eigenvalue weighted by atomic mass is 15.3. The van der Waals surface area contributed by atoms with E-state index in [0.29, 0.717) is 6.04 Å². The summed E-state index contributed by atoms with van der Waals surface area (Å²) < 4.78 is 0. The van der Waals surface area contributed by atoms with Gasteiger partial charge < -0.3 is 10.6 Å². The molecule has 1 aromatic rings. The molecule has 0 saturated carbocycles. The third kappa shape index (κ3) is 3.01. The van der Waals surface area contributed by atoms with Crippen molar-refractivity contribution >= 4 is 11.7 Å². The Hall–Kier alpha value is -1.65. The van der Waals surface area contributed by atoms with Crippen molar-refractivity contribution in [1.82, 2.24) is 10.2 Å². The van der Waals surface area contributed by atoms with Crippen molar-refractivity contribution in [1.29, 1.82) is 5.41 Å². The third-order valence-corrected chi connectivity index (χ3v) is 4.47. The Kier molecular flexibility index (Phi) is 5.15. The standard InChI is InChI=1S/C16H27N5/c1-4-11-9-7-8-10-21(11)16-14(15(17)18)12(5-2)13(6-3)19-20-16/h11H,4-10H2,1-3H3,(H3,17,18). The molecule has 2 heterocycles. The first-order valence-corrected chi connectivity index (χ1v) is 8.13. The van der Waals surface area contributed by atoms with E-state index in [1.54, 1.807) is 0 Å². The maximum Gasteiger partial charge on any atom is 0.162 e. The van der Waals surface area contributed by atoms with Gasteiger partial charge in [0.05, 0.1) is 11.3 Å². The van der Waals surface area contributed by atoms with E-state index in [2.05, 4.69) is 35.9 Å². The molecule has 3 N–H and O–H groups in total. The summed E-state index contributed by atoms with van der Waals surface area (Å²) >= 11 is 0. The molecule has 0 radical (unpaired) electrons. The molecule has 2 rings (SSSR count). The molecule has 0 aromatic carbocycles. The summed E-state index contributed by atoms with van der Waals surface area (Å²) in [6.07, 6.45) is 6.39. The number of nitrogens with one attached hydrogen (secondary N) is 1. The van der Waals surface area contributed by atoms with E-state index in [0.717, 1.165) is 48.4 Å². The number of nitrogens with zero attached hydrogens (tertiary/aromatic N) is 3. The summed E-state index contributed by atoms with van der Waals surface area (Å²) in [5, 5.41) is 16.9.